The van der Waals surface area contributed by atoms with Crippen LogP contribution in [0, 0.1) is 11.3 Å². The van der Waals surface area contributed by atoms with E-state index in [9.17, 15) is 0 Å². The van der Waals surface area contributed by atoms with Gasteiger partial charge in [-0.15, -0.1) is 0 Å². The first-order chi connectivity index (χ1) is 8.29. The second kappa shape index (κ2) is 4.99. The van der Waals surface area contributed by atoms with Crippen LogP contribution in [0.15, 0.2) is 42.7 Å². The molecular formula is C13H12N4. The number of nitrogens with one attached hydrogen (secondary N) is 1. The smallest absolute Gasteiger partial charge is 0.101 e. The highest BCUT2D eigenvalue weighted by molar-refractivity contribution is 5.62. The second-order valence-corrected chi connectivity index (χ2v) is 3.62. The molecule has 1 aromatic heterocycles. The molecule has 0 bridgehead atoms. The minimum absolute atomic E-state index is 0.493. The van der Waals surface area contributed by atoms with Crippen molar-refractivity contribution in [2.24, 2.45) is 0 Å². The summed E-state index contributed by atoms with van der Waals surface area (Å²) in [6.07, 6.45) is 3.51. The van der Waals surface area contributed by atoms with Crippen LogP contribution < -0.4 is 11.1 Å². The highest BCUT2D eigenvalue weighted by Crippen LogP contribution is 2.17. The largest absolute Gasteiger partial charge is 0.398 e. The molecule has 84 valence electrons. The number of anilines is 2. The first-order valence-corrected chi connectivity index (χ1v) is 5.22. The fourth-order valence-corrected chi connectivity index (χ4v) is 1.48. The molecule has 0 amide bonds. The fraction of sp³-hybridized carbons (Fsp3) is 0.0769. The maximum absolute atomic E-state index is 8.76. The van der Waals surface area contributed by atoms with Crippen LogP contribution in [0.4, 0.5) is 11.4 Å². The number of nitrogens with zero attached hydrogens (tertiary/aromatic N) is 2. The molecule has 1 heterocycles. The van der Waals surface area contributed by atoms with Crippen LogP contribution >= 0.6 is 0 Å². The van der Waals surface area contributed by atoms with Crippen molar-refractivity contribution in [2.45, 2.75) is 6.54 Å². The summed E-state index contributed by atoms with van der Waals surface area (Å²) in [4.78, 5) is 3.95. The number of nitriles is 1. The van der Waals surface area contributed by atoms with Gasteiger partial charge in [-0.2, -0.15) is 5.26 Å². The average molecular weight is 224 g/mol. The fourth-order valence-electron chi connectivity index (χ4n) is 1.48. The van der Waals surface area contributed by atoms with E-state index < -0.39 is 0 Å². The average Bonchev–Trinajstić information content (AvgIpc) is 2.38. The van der Waals surface area contributed by atoms with Crippen LogP contribution in [-0.4, -0.2) is 4.98 Å². The third-order valence-corrected chi connectivity index (χ3v) is 2.42. The standard InChI is InChI=1S/C13H12N4/c14-8-11-1-2-12(7-13(11)15)17-9-10-3-5-16-6-4-10/h1-7,17H,9,15H2. The van der Waals surface area contributed by atoms with Crippen LogP contribution in [0.2, 0.25) is 0 Å². The highest BCUT2D eigenvalue weighted by Gasteiger charge is 1.99. The predicted octanol–water partition coefficient (Wildman–Crippen LogP) is 2.15. The summed E-state index contributed by atoms with van der Waals surface area (Å²) in [5.74, 6) is 0. The Morgan fingerprint density at radius 2 is 2.00 bits per heavy atom. The molecule has 0 atom stereocenters. The van der Waals surface area contributed by atoms with E-state index in [1.165, 1.54) is 0 Å². The van der Waals surface area contributed by atoms with Crippen molar-refractivity contribution in [3.05, 3.63) is 53.9 Å². The lowest BCUT2D eigenvalue weighted by Crippen LogP contribution is -2.00. The Labute approximate surface area is 99.7 Å². The van der Waals surface area contributed by atoms with E-state index >= 15 is 0 Å². The van der Waals surface area contributed by atoms with E-state index in [0.29, 0.717) is 17.8 Å². The first kappa shape index (κ1) is 11.0. The van der Waals surface area contributed by atoms with Crippen molar-refractivity contribution in [1.29, 1.82) is 5.26 Å². The summed E-state index contributed by atoms with van der Waals surface area (Å²) in [7, 11) is 0. The molecular weight excluding hydrogens is 212 g/mol. The lowest BCUT2D eigenvalue weighted by molar-refractivity contribution is 1.13. The number of aromatic nitrogens is 1. The summed E-state index contributed by atoms with van der Waals surface area (Å²) in [6.45, 7) is 0.702. The summed E-state index contributed by atoms with van der Waals surface area (Å²) in [5, 5.41) is 12.0. The maximum atomic E-state index is 8.76. The molecule has 0 saturated heterocycles. The van der Waals surface area contributed by atoms with Gasteiger partial charge in [-0.1, -0.05) is 0 Å². The Kier molecular flexibility index (Phi) is 3.22. The zero-order valence-corrected chi connectivity index (χ0v) is 9.22. The van der Waals surface area contributed by atoms with Gasteiger partial charge in [0.1, 0.15) is 6.07 Å². The molecule has 0 aliphatic heterocycles. The topological polar surface area (TPSA) is 74.7 Å². The molecule has 1 aromatic carbocycles. The molecule has 17 heavy (non-hydrogen) atoms. The van der Waals surface area contributed by atoms with Gasteiger partial charge in [-0.05, 0) is 35.9 Å². The van der Waals surface area contributed by atoms with Crippen molar-refractivity contribution >= 4 is 11.4 Å². The molecule has 2 rings (SSSR count). The molecule has 2 aromatic rings. The molecule has 4 nitrogen and oxygen atoms in total. The van der Waals surface area contributed by atoms with Gasteiger partial charge in [0.2, 0.25) is 0 Å². The van der Waals surface area contributed by atoms with Crippen LogP contribution in [0.5, 0.6) is 0 Å². The number of nitrogen functional groups attached to an aromatic ring is 1. The lowest BCUT2D eigenvalue weighted by Gasteiger charge is -2.07. The summed E-state index contributed by atoms with van der Waals surface area (Å²) < 4.78 is 0. The predicted molar refractivity (Wildman–Crippen MR) is 67.1 cm³/mol. The highest BCUT2D eigenvalue weighted by atomic mass is 14.9. The number of nitrogens with two attached hydrogens (primary N) is 1. The number of hydrogen-bond acceptors (Lipinski definition) is 4. The monoisotopic (exact) mass is 224 g/mol. The van der Waals surface area contributed by atoms with E-state index in [0.717, 1.165) is 11.3 Å². The van der Waals surface area contributed by atoms with Crippen LogP contribution in [0.1, 0.15) is 11.1 Å². The lowest BCUT2D eigenvalue weighted by atomic mass is 10.1. The Hall–Kier alpha value is -2.54. The Bertz CT molecular complexity index is 543. The number of benzene rings is 1. The molecule has 0 spiro atoms. The summed E-state index contributed by atoms with van der Waals surface area (Å²) >= 11 is 0. The summed E-state index contributed by atoms with van der Waals surface area (Å²) in [5.41, 5.74) is 8.76. The van der Waals surface area contributed by atoms with Crippen LogP contribution in [0.3, 0.4) is 0 Å². The normalized spacial score (nSPS) is 9.59. The summed E-state index contributed by atoms with van der Waals surface area (Å²) in [6, 6.07) is 11.2. The van der Waals surface area contributed by atoms with E-state index in [2.05, 4.69) is 10.3 Å². The van der Waals surface area contributed by atoms with Crippen LogP contribution in [-0.2, 0) is 6.54 Å². The SMILES string of the molecule is N#Cc1ccc(NCc2ccncc2)cc1N. The van der Waals surface area contributed by atoms with Gasteiger partial charge in [-0.25, -0.2) is 0 Å². The molecule has 4 heteroatoms. The molecule has 0 saturated carbocycles. The molecule has 0 aliphatic rings. The van der Waals surface area contributed by atoms with Gasteiger partial charge in [0.25, 0.3) is 0 Å². The number of pyridine rings is 1. The zero-order valence-electron chi connectivity index (χ0n) is 9.22. The number of rotatable bonds is 3. The third kappa shape index (κ3) is 2.73. The first-order valence-electron chi connectivity index (χ1n) is 5.22. The van der Waals surface area contributed by atoms with Gasteiger partial charge in [0, 0.05) is 24.6 Å². The van der Waals surface area contributed by atoms with Crippen molar-refractivity contribution in [1.82, 2.24) is 4.98 Å². The Balaban J connectivity index is 2.06. The Morgan fingerprint density at radius 1 is 1.24 bits per heavy atom. The molecule has 0 aliphatic carbocycles. The third-order valence-electron chi connectivity index (χ3n) is 2.42. The van der Waals surface area contributed by atoms with Crippen molar-refractivity contribution < 1.29 is 0 Å². The van der Waals surface area contributed by atoms with Crippen molar-refractivity contribution in [3.63, 3.8) is 0 Å². The van der Waals surface area contributed by atoms with Crippen LogP contribution in [0.25, 0.3) is 0 Å². The van der Waals surface area contributed by atoms with E-state index in [-0.39, 0.29) is 0 Å². The number of hydrogen-bond donors (Lipinski definition) is 2. The van der Waals surface area contributed by atoms with Gasteiger partial charge >= 0.3 is 0 Å². The maximum Gasteiger partial charge on any atom is 0.101 e. The molecule has 3 N–H and O–H groups in total. The second-order valence-electron chi connectivity index (χ2n) is 3.62. The quantitative estimate of drug-likeness (QED) is 0.783. The van der Waals surface area contributed by atoms with E-state index in [1.54, 1.807) is 24.5 Å². The Morgan fingerprint density at radius 3 is 2.65 bits per heavy atom. The van der Waals surface area contributed by atoms with E-state index in [4.69, 9.17) is 11.0 Å². The van der Waals surface area contributed by atoms with Gasteiger partial charge in [0.15, 0.2) is 0 Å². The van der Waals surface area contributed by atoms with Gasteiger partial charge < -0.3 is 11.1 Å². The minimum atomic E-state index is 0.493. The molecule has 0 fully saturated rings. The molecule has 0 radical (unpaired) electrons. The van der Waals surface area contributed by atoms with E-state index in [1.807, 2.05) is 24.3 Å². The van der Waals surface area contributed by atoms with Crippen molar-refractivity contribution in [3.8, 4) is 6.07 Å². The van der Waals surface area contributed by atoms with Gasteiger partial charge in [-0.3, -0.25) is 4.98 Å². The minimum Gasteiger partial charge on any atom is -0.398 e. The zero-order chi connectivity index (χ0) is 12.1. The molecule has 0 unspecified atom stereocenters. The van der Waals surface area contributed by atoms with Gasteiger partial charge in [0.05, 0.1) is 11.3 Å². The van der Waals surface area contributed by atoms with Crippen molar-refractivity contribution in [2.75, 3.05) is 11.1 Å².